The van der Waals surface area contributed by atoms with Crippen LogP contribution in [0.25, 0.3) is 55.6 Å². The number of nitrogens with zero attached hydrogens (tertiary/aromatic N) is 1. The molecule has 2 heterocycles. The van der Waals surface area contributed by atoms with Crippen LogP contribution in [-0.2, 0) is 16.2 Å². The number of anilines is 3. The van der Waals surface area contributed by atoms with Gasteiger partial charge in [-0.05, 0) is 155 Å². The van der Waals surface area contributed by atoms with Gasteiger partial charge in [-0.1, -0.05) is 237 Å². The molecule has 0 unspecified atom stereocenters. The fourth-order valence-corrected chi connectivity index (χ4v) is 16.6. The van der Waals surface area contributed by atoms with Crippen molar-refractivity contribution in [2.24, 2.45) is 0 Å². The molecule has 3 spiro atoms. The quantitative estimate of drug-likeness (QED) is 0.175. The van der Waals surface area contributed by atoms with Crippen LogP contribution >= 0.6 is 0 Å². The molecular weight excluding hydrogens is 1020 g/mol. The molecule has 0 atom stereocenters. The Morgan fingerprint density at radius 1 is 0.214 bits per heavy atom. The normalized spacial score (nSPS) is 14.9. The van der Waals surface area contributed by atoms with Crippen LogP contribution in [0.4, 0.5) is 17.1 Å². The molecule has 0 saturated heterocycles. The fraction of sp³-hybridized carbons (Fsp3) is 0.0370. The monoisotopic (exact) mass is 1070 g/mol. The third kappa shape index (κ3) is 5.62. The molecule has 4 aliphatic carbocycles. The molecule has 3 nitrogen and oxygen atoms in total. The van der Waals surface area contributed by atoms with Crippen LogP contribution in [0.2, 0.25) is 0 Å². The van der Waals surface area contributed by atoms with Crippen molar-refractivity contribution in [2.45, 2.75) is 16.2 Å². The molecule has 2 aliphatic heterocycles. The Hall–Kier alpha value is -10.7. The lowest BCUT2D eigenvalue weighted by atomic mass is 9.66. The molecule has 84 heavy (non-hydrogen) atoms. The molecule has 13 aromatic rings. The highest BCUT2D eigenvalue weighted by Crippen LogP contribution is 2.67. The number of hydrogen-bond acceptors (Lipinski definition) is 3. The van der Waals surface area contributed by atoms with Gasteiger partial charge in [-0.15, -0.1) is 0 Å². The van der Waals surface area contributed by atoms with E-state index >= 15 is 0 Å². The van der Waals surface area contributed by atoms with Crippen LogP contribution in [0, 0.1) is 0 Å². The zero-order chi connectivity index (χ0) is 54.9. The molecule has 0 bridgehead atoms. The number of ether oxygens (including phenoxy) is 2. The van der Waals surface area contributed by atoms with Crippen molar-refractivity contribution in [1.29, 1.82) is 0 Å². The van der Waals surface area contributed by atoms with Crippen LogP contribution in [0.15, 0.2) is 297 Å². The number of rotatable bonds is 4. The second-order valence-electron chi connectivity index (χ2n) is 23.2. The van der Waals surface area contributed by atoms with E-state index in [1.165, 1.54) is 100 Å². The maximum atomic E-state index is 6.81. The van der Waals surface area contributed by atoms with Gasteiger partial charge >= 0.3 is 0 Å². The molecule has 6 aliphatic rings. The summed E-state index contributed by atoms with van der Waals surface area (Å²) in [6, 6.07) is 111. The van der Waals surface area contributed by atoms with Gasteiger partial charge in [0.05, 0.1) is 21.9 Å². The highest BCUT2D eigenvalue weighted by Gasteiger charge is 2.55. The average molecular weight is 1070 g/mol. The topological polar surface area (TPSA) is 21.7 Å². The molecule has 0 radical (unpaired) electrons. The summed E-state index contributed by atoms with van der Waals surface area (Å²) in [7, 11) is 0. The minimum Gasteiger partial charge on any atom is -0.457 e. The summed E-state index contributed by atoms with van der Waals surface area (Å²) in [6.45, 7) is 0. The van der Waals surface area contributed by atoms with Crippen molar-refractivity contribution in [3.05, 3.63) is 364 Å². The molecular formula is C81H49NO2. The summed E-state index contributed by atoms with van der Waals surface area (Å²) in [5.41, 5.74) is 28.9. The minimum atomic E-state index is -0.636. The van der Waals surface area contributed by atoms with Gasteiger partial charge in [-0.2, -0.15) is 0 Å². The predicted octanol–water partition coefficient (Wildman–Crippen LogP) is 20.1. The predicted molar refractivity (Wildman–Crippen MR) is 338 cm³/mol. The zero-order valence-corrected chi connectivity index (χ0v) is 45.6. The lowest BCUT2D eigenvalue weighted by Gasteiger charge is -2.39. The molecule has 0 saturated carbocycles. The number of hydrogen-bond donors (Lipinski definition) is 0. The van der Waals surface area contributed by atoms with Gasteiger partial charge in [0.2, 0.25) is 0 Å². The van der Waals surface area contributed by atoms with Gasteiger partial charge in [-0.25, -0.2) is 0 Å². The van der Waals surface area contributed by atoms with E-state index in [-0.39, 0.29) is 0 Å². The van der Waals surface area contributed by atoms with Gasteiger partial charge < -0.3 is 14.4 Å². The zero-order valence-electron chi connectivity index (χ0n) is 45.6. The van der Waals surface area contributed by atoms with Crippen molar-refractivity contribution >= 4 is 17.1 Å². The second-order valence-corrected chi connectivity index (χ2v) is 23.2. The van der Waals surface area contributed by atoms with Crippen LogP contribution in [0.3, 0.4) is 0 Å². The SMILES string of the molecule is c1ccc2c(c1)Oc1ccccc1C21c2ccccc2-c2cc(-c3ccc(N(c4ccc5c(c4)C4(c6ccccc6-c6ccccc64)c4ccccc4-5)c4cccc5c4-c4ccccc4C54c5ccccc5Oc5ccccc54)cc3)ccc21. The molecule has 3 heteroatoms. The Kier molecular flexibility index (Phi) is 9.13. The highest BCUT2D eigenvalue weighted by atomic mass is 16.5. The summed E-state index contributed by atoms with van der Waals surface area (Å²) in [5, 5.41) is 0. The number of fused-ring (bicyclic) bond motifs is 28. The first-order valence-corrected chi connectivity index (χ1v) is 29.2. The Labute approximate surface area is 487 Å². The molecule has 0 N–H and O–H groups in total. The van der Waals surface area contributed by atoms with E-state index in [2.05, 4.69) is 302 Å². The molecule has 0 amide bonds. The van der Waals surface area contributed by atoms with Gasteiger partial charge in [0.1, 0.15) is 23.0 Å². The van der Waals surface area contributed by atoms with Crippen LogP contribution in [0.1, 0.15) is 66.8 Å². The number of benzene rings is 13. The van der Waals surface area contributed by atoms with Crippen molar-refractivity contribution in [2.75, 3.05) is 4.90 Å². The maximum Gasteiger partial charge on any atom is 0.132 e. The van der Waals surface area contributed by atoms with Crippen molar-refractivity contribution in [3.8, 4) is 78.6 Å². The summed E-state index contributed by atoms with van der Waals surface area (Å²) >= 11 is 0. The van der Waals surface area contributed by atoms with E-state index in [4.69, 9.17) is 9.47 Å². The summed E-state index contributed by atoms with van der Waals surface area (Å²) in [4.78, 5) is 2.54. The van der Waals surface area contributed by atoms with E-state index in [9.17, 15) is 0 Å². The van der Waals surface area contributed by atoms with E-state index < -0.39 is 16.2 Å². The Bertz CT molecular complexity index is 4850. The third-order valence-electron chi connectivity index (χ3n) is 19.6. The van der Waals surface area contributed by atoms with E-state index in [0.29, 0.717) is 0 Å². The lowest BCUT2D eigenvalue weighted by Crippen LogP contribution is -2.32. The first-order valence-electron chi connectivity index (χ1n) is 29.2. The van der Waals surface area contributed by atoms with Gasteiger partial charge in [0.15, 0.2) is 0 Å². The van der Waals surface area contributed by atoms with E-state index in [1.807, 2.05) is 0 Å². The highest BCUT2D eigenvalue weighted by molar-refractivity contribution is 6.01. The van der Waals surface area contributed by atoms with Crippen molar-refractivity contribution in [3.63, 3.8) is 0 Å². The molecule has 19 rings (SSSR count). The van der Waals surface area contributed by atoms with E-state index in [1.54, 1.807) is 0 Å². The summed E-state index contributed by atoms with van der Waals surface area (Å²) < 4.78 is 13.5. The average Bonchev–Trinajstić information content (AvgIpc) is 1.68. The summed E-state index contributed by atoms with van der Waals surface area (Å²) in [5.74, 6) is 3.55. The lowest BCUT2D eigenvalue weighted by molar-refractivity contribution is 0.436. The molecule has 13 aromatic carbocycles. The second kappa shape index (κ2) is 16.7. The fourth-order valence-electron chi connectivity index (χ4n) is 16.6. The van der Waals surface area contributed by atoms with Crippen molar-refractivity contribution in [1.82, 2.24) is 0 Å². The maximum absolute atomic E-state index is 6.81. The first-order chi connectivity index (χ1) is 41.7. The largest absolute Gasteiger partial charge is 0.457 e. The summed E-state index contributed by atoms with van der Waals surface area (Å²) in [6.07, 6.45) is 0. The Balaban J connectivity index is 0.835. The molecule has 390 valence electrons. The van der Waals surface area contributed by atoms with Gasteiger partial charge in [0, 0.05) is 39.2 Å². The van der Waals surface area contributed by atoms with Gasteiger partial charge in [0.25, 0.3) is 0 Å². The van der Waals surface area contributed by atoms with Gasteiger partial charge in [-0.3, -0.25) is 0 Å². The Morgan fingerprint density at radius 2 is 0.560 bits per heavy atom. The first kappa shape index (κ1) is 45.9. The third-order valence-corrected chi connectivity index (χ3v) is 19.6. The molecule has 0 fully saturated rings. The standard InChI is InChI=1S/C81H49NO2/c1-6-25-61-54(20-1)55-21-2-7-26-62(55)79(61)63-27-8-3-22-56(63)58-46-45-53(49-72(58)79)82(73-35-19-34-71-78(73)59-24-5-10-29-65(59)81(71)69-32-13-17-38-76(69)84-77-39-18-14-33-70(77)81)52-43-40-50(41-44-52)51-42-47-66-60(48-51)57-23-4-9-28-64(57)80(66)67-30-11-15-36-74(67)83-75-37-16-12-31-68(75)80/h1-49H. The van der Waals surface area contributed by atoms with Crippen molar-refractivity contribution < 1.29 is 9.47 Å². The van der Waals surface area contributed by atoms with Crippen LogP contribution in [0.5, 0.6) is 23.0 Å². The van der Waals surface area contributed by atoms with Crippen LogP contribution in [-0.4, -0.2) is 0 Å². The minimum absolute atomic E-state index is 0.519. The Morgan fingerprint density at radius 3 is 1.06 bits per heavy atom. The molecule has 0 aromatic heterocycles. The number of para-hydroxylation sites is 4. The smallest absolute Gasteiger partial charge is 0.132 e. The van der Waals surface area contributed by atoms with Crippen LogP contribution < -0.4 is 14.4 Å². The van der Waals surface area contributed by atoms with E-state index in [0.717, 1.165) is 62.3 Å².